The molecular formula is C23H29N3O2. The van der Waals surface area contributed by atoms with Crippen LogP contribution in [0.15, 0.2) is 42.6 Å². The zero-order chi connectivity index (χ0) is 19.5. The fourth-order valence-electron chi connectivity index (χ4n) is 4.00. The highest BCUT2D eigenvalue weighted by Gasteiger charge is 2.26. The van der Waals surface area contributed by atoms with Crippen molar-refractivity contribution in [2.45, 2.75) is 45.4 Å². The number of H-pyrrole nitrogens is 1. The average molecular weight is 380 g/mol. The van der Waals surface area contributed by atoms with Gasteiger partial charge in [-0.2, -0.15) is 0 Å². The smallest absolute Gasteiger partial charge is 0.137 e. The first kappa shape index (κ1) is 19.0. The van der Waals surface area contributed by atoms with Crippen molar-refractivity contribution in [3.05, 3.63) is 59.4 Å². The van der Waals surface area contributed by atoms with E-state index in [1.165, 1.54) is 22.2 Å². The Morgan fingerprint density at radius 2 is 2.11 bits per heavy atom. The lowest BCUT2D eigenvalue weighted by atomic mass is 10.0. The summed E-state index contributed by atoms with van der Waals surface area (Å²) in [5, 5.41) is 1.19. The number of nitrogens with zero attached hydrogens (tertiary/aromatic N) is 2. The van der Waals surface area contributed by atoms with E-state index in [-0.39, 0.29) is 12.1 Å². The molecule has 5 heteroatoms. The van der Waals surface area contributed by atoms with E-state index in [1.807, 2.05) is 19.2 Å². The number of hydrogen-bond acceptors (Lipinski definition) is 4. The van der Waals surface area contributed by atoms with E-state index in [0.29, 0.717) is 6.61 Å². The minimum Gasteiger partial charge on any atom is -0.494 e. The molecule has 0 bridgehead atoms. The number of fused-ring (bicyclic) bond motifs is 1. The topological polar surface area (TPSA) is 50.4 Å². The van der Waals surface area contributed by atoms with Gasteiger partial charge in [0.2, 0.25) is 0 Å². The summed E-state index contributed by atoms with van der Waals surface area (Å²) >= 11 is 0. The maximum absolute atomic E-state index is 5.98. The Bertz CT molecular complexity index is 913. The molecule has 0 amide bonds. The van der Waals surface area contributed by atoms with Gasteiger partial charge in [-0.05, 0) is 69.1 Å². The summed E-state index contributed by atoms with van der Waals surface area (Å²) in [6.07, 6.45) is 4.18. The van der Waals surface area contributed by atoms with Gasteiger partial charge in [-0.1, -0.05) is 12.1 Å². The van der Waals surface area contributed by atoms with E-state index in [2.05, 4.69) is 59.2 Å². The van der Waals surface area contributed by atoms with Gasteiger partial charge in [0.1, 0.15) is 11.4 Å². The van der Waals surface area contributed by atoms with Gasteiger partial charge in [0.25, 0.3) is 0 Å². The second kappa shape index (κ2) is 8.33. The first-order valence-electron chi connectivity index (χ1n) is 10.2. The Kier molecular flexibility index (Phi) is 5.64. The second-order valence-corrected chi connectivity index (χ2v) is 7.51. The predicted octanol–water partition coefficient (Wildman–Crippen LogP) is 5.01. The normalized spacial score (nSPS) is 18.1. The lowest BCUT2D eigenvalue weighted by Gasteiger charge is -2.26. The van der Waals surface area contributed by atoms with Gasteiger partial charge >= 0.3 is 0 Å². The zero-order valence-corrected chi connectivity index (χ0v) is 16.9. The van der Waals surface area contributed by atoms with Crippen molar-refractivity contribution in [1.29, 1.82) is 0 Å². The molecule has 4 rings (SSSR count). The van der Waals surface area contributed by atoms with Crippen molar-refractivity contribution in [1.82, 2.24) is 14.9 Å². The van der Waals surface area contributed by atoms with Crippen LogP contribution in [0.4, 0.5) is 0 Å². The van der Waals surface area contributed by atoms with E-state index in [9.17, 15) is 0 Å². The molecule has 28 heavy (non-hydrogen) atoms. The lowest BCUT2D eigenvalue weighted by molar-refractivity contribution is 0.107. The van der Waals surface area contributed by atoms with Gasteiger partial charge in [-0.3, -0.25) is 4.90 Å². The summed E-state index contributed by atoms with van der Waals surface area (Å²) in [6, 6.07) is 12.9. The molecule has 1 aliphatic heterocycles. The van der Waals surface area contributed by atoms with Crippen molar-refractivity contribution >= 4 is 11.0 Å². The van der Waals surface area contributed by atoms with Crippen LogP contribution in [0.3, 0.4) is 0 Å². The molecule has 148 valence electrons. The standard InChI is InChI=1S/C23H29N3O2/c1-4-27-18-11-9-17(10-12-18)16(2)26(3)15-20-19-7-5-13-24-23(19)25-22(20)21-8-6-14-28-21/h5,7,9-13,16,21H,4,6,8,14-15H2,1-3H3,(H,24,25)/t16-,21+/m0/s1. The summed E-state index contributed by atoms with van der Waals surface area (Å²) in [6.45, 7) is 6.62. The fourth-order valence-corrected chi connectivity index (χ4v) is 4.00. The molecule has 5 nitrogen and oxygen atoms in total. The van der Waals surface area contributed by atoms with Gasteiger partial charge in [-0.25, -0.2) is 4.98 Å². The van der Waals surface area contributed by atoms with Crippen molar-refractivity contribution in [3.8, 4) is 5.75 Å². The minimum atomic E-state index is 0.151. The van der Waals surface area contributed by atoms with Gasteiger partial charge in [0.05, 0.1) is 18.4 Å². The molecule has 1 saturated heterocycles. The predicted molar refractivity (Wildman–Crippen MR) is 112 cm³/mol. The minimum absolute atomic E-state index is 0.151. The third-order valence-corrected chi connectivity index (χ3v) is 5.70. The van der Waals surface area contributed by atoms with Crippen molar-refractivity contribution in [2.75, 3.05) is 20.3 Å². The molecule has 3 aromatic rings. The van der Waals surface area contributed by atoms with E-state index >= 15 is 0 Å². The highest BCUT2D eigenvalue weighted by atomic mass is 16.5. The Hall–Kier alpha value is -2.37. The Labute approximate surface area is 166 Å². The molecule has 3 heterocycles. The molecule has 0 spiro atoms. The average Bonchev–Trinajstić information content (AvgIpc) is 3.36. The molecule has 0 radical (unpaired) electrons. The molecule has 2 atom stereocenters. The van der Waals surface area contributed by atoms with Gasteiger partial charge in [-0.15, -0.1) is 0 Å². The van der Waals surface area contributed by atoms with Gasteiger partial charge in [0.15, 0.2) is 0 Å². The molecule has 1 aliphatic rings. The third-order valence-electron chi connectivity index (χ3n) is 5.70. The summed E-state index contributed by atoms with van der Waals surface area (Å²) < 4.78 is 11.5. The van der Waals surface area contributed by atoms with Crippen molar-refractivity contribution in [3.63, 3.8) is 0 Å². The van der Waals surface area contributed by atoms with Crippen molar-refractivity contribution in [2.24, 2.45) is 0 Å². The number of nitrogens with one attached hydrogen (secondary N) is 1. The third kappa shape index (κ3) is 3.77. The Balaban J connectivity index is 1.58. The first-order valence-corrected chi connectivity index (χ1v) is 10.2. The highest BCUT2D eigenvalue weighted by Crippen LogP contribution is 2.35. The van der Waals surface area contributed by atoms with Crippen LogP contribution in [0.25, 0.3) is 11.0 Å². The molecule has 2 aromatic heterocycles. The summed E-state index contributed by atoms with van der Waals surface area (Å²) in [5.74, 6) is 0.921. The van der Waals surface area contributed by atoms with E-state index in [1.54, 1.807) is 0 Å². The molecule has 0 aliphatic carbocycles. The first-order chi connectivity index (χ1) is 13.7. The largest absolute Gasteiger partial charge is 0.494 e. The van der Waals surface area contributed by atoms with E-state index in [0.717, 1.165) is 37.4 Å². The monoisotopic (exact) mass is 379 g/mol. The SMILES string of the molecule is CCOc1ccc([C@H](C)N(C)Cc2c([C@H]3CCCO3)[nH]c3ncccc23)cc1. The molecule has 1 aromatic carbocycles. The van der Waals surface area contributed by atoms with Crippen LogP contribution in [0, 0.1) is 0 Å². The van der Waals surface area contributed by atoms with Gasteiger partial charge in [0, 0.05) is 30.8 Å². The van der Waals surface area contributed by atoms with Crippen molar-refractivity contribution < 1.29 is 9.47 Å². The van der Waals surface area contributed by atoms with Crippen LogP contribution in [0.2, 0.25) is 0 Å². The number of ether oxygens (including phenoxy) is 2. The summed E-state index contributed by atoms with van der Waals surface area (Å²) in [5.41, 5.74) is 4.72. The number of hydrogen-bond donors (Lipinski definition) is 1. The fraction of sp³-hybridized carbons (Fsp3) is 0.435. The Morgan fingerprint density at radius 1 is 1.29 bits per heavy atom. The maximum Gasteiger partial charge on any atom is 0.137 e. The van der Waals surface area contributed by atoms with Crippen LogP contribution in [-0.4, -0.2) is 35.1 Å². The molecule has 1 N–H and O–H groups in total. The Morgan fingerprint density at radius 3 is 2.82 bits per heavy atom. The number of benzene rings is 1. The summed E-state index contributed by atoms with van der Waals surface area (Å²) in [7, 11) is 2.18. The number of aromatic amines is 1. The number of pyridine rings is 1. The van der Waals surface area contributed by atoms with E-state index < -0.39 is 0 Å². The van der Waals surface area contributed by atoms with E-state index in [4.69, 9.17) is 9.47 Å². The molecule has 1 fully saturated rings. The lowest BCUT2D eigenvalue weighted by Crippen LogP contribution is -2.22. The second-order valence-electron chi connectivity index (χ2n) is 7.51. The van der Waals surface area contributed by atoms with Crippen LogP contribution in [0.5, 0.6) is 5.75 Å². The highest BCUT2D eigenvalue weighted by molar-refractivity contribution is 5.81. The quantitative estimate of drug-likeness (QED) is 0.627. The van der Waals surface area contributed by atoms with Crippen LogP contribution >= 0.6 is 0 Å². The van der Waals surface area contributed by atoms with Crippen LogP contribution < -0.4 is 4.74 Å². The maximum atomic E-state index is 5.98. The van der Waals surface area contributed by atoms with Gasteiger partial charge < -0.3 is 14.5 Å². The number of aromatic nitrogens is 2. The van der Waals surface area contributed by atoms with Crippen LogP contribution in [-0.2, 0) is 11.3 Å². The number of rotatable bonds is 7. The molecule has 0 saturated carbocycles. The van der Waals surface area contributed by atoms with Crippen LogP contribution in [0.1, 0.15) is 55.7 Å². The molecule has 0 unspecified atom stereocenters. The zero-order valence-electron chi connectivity index (χ0n) is 16.9. The molecular weight excluding hydrogens is 350 g/mol. The summed E-state index contributed by atoms with van der Waals surface area (Å²) in [4.78, 5) is 10.4.